The van der Waals surface area contributed by atoms with E-state index in [9.17, 15) is 5.11 Å². The number of hydrogen-bond acceptors (Lipinski definition) is 2. The average molecular weight is 415 g/mol. The van der Waals surface area contributed by atoms with Crippen molar-refractivity contribution in [1.29, 1.82) is 0 Å². The second-order valence-electron chi connectivity index (χ2n) is 8.88. The van der Waals surface area contributed by atoms with Gasteiger partial charge in [0.15, 0.2) is 0 Å². The van der Waals surface area contributed by atoms with Crippen LogP contribution in [0.4, 0.5) is 0 Å². The first-order valence-electron chi connectivity index (χ1n) is 11.5. The summed E-state index contributed by atoms with van der Waals surface area (Å²) in [5.74, 6) is 1.31. The molecular formula is C25H40N3O2+3. The van der Waals surface area contributed by atoms with Gasteiger partial charge in [0.1, 0.15) is 70.8 Å². The number of nitrogens with two attached hydrogens (primary N) is 1. The van der Waals surface area contributed by atoms with E-state index in [-0.39, 0.29) is 0 Å². The molecule has 1 aliphatic rings. The van der Waals surface area contributed by atoms with Crippen molar-refractivity contribution in [3.63, 3.8) is 0 Å². The predicted octanol–water partition coefficient (Wildman–Crippen LogP) is -0.903. The van der Waals surface area contributed by atoms with E-state index in [0.29, 0.717) is 19.1 Å². The molecule has 3 rings (SSSR count). The number of aliphatic hydroxyl groups excluding tert-OH is 1. The van der Waals surface area contributed by atoms with Crippen molar-refractivity contribution in [1.82, 2.24) is 0 Å². The molecule has 0 spiro atoms. The van der Waals surface area contributed by atoms with Crippen molar-refractivity contribution in [2.24, 2.45) is 0 Å². The minimum absolute atomic E-state index is 0.356. The van der Waals surface area contributed by atoms with Crippen LogP contribution in [0.3, 0.4) is 0 Å². The van der Waals surface area contributed by atoms with Gasteiger partial charge in [-0.3, -0.25) is 0 Å². The van der Waals surface area contributed by atoms with Crippen LogP contribution < -0.4 is 19.9 Å². The summed E-state index contributed by atoms with van der Waals surface area (Å²) in [6.45, 7) is 13.7. The average Bonchev–Trinajstić information content (AvgIpc) is 2.77. The molecule has 5 nitrogen and oxygen atoms in total. The Morgan fingerprint density at radius 1 is 0.933 bits per heavy atom. The number of rotatable bonds is 11. The van der Waals surface area contributed by atoms with Gasteiger partial charge in [-0.25, -0.2) is 0 Å². The van der Waals surface area contributed by atoms with Gasteiger partial charge in [0.25, 0.3) is 0 Å². The number of hydrogen-bond donors (Lipinski definition) is 4. The lowest BCUT2D eigenvalue weighted by molar-refractivity contribution is -1.02. The van der Waals surface area contributed by atoms with Gasteiger partial charge in [0.05, 0.1) is 0 Å². The zero-order valence-electron chi connectivity index (χ0n) is 18.6. The summed E-state index contributed by atoms with van der Waals surface area (Å²) in [5.41, 5.74) is 2.64. The lowest BCUT2D eigenvalue weighted by Crippen LogP contribution is -3.28. The van der Waals surface area contributed by atoms with E-state index in [1.165, 1.54) is 43.9 Å². The van der Waals surface area contributed by atoms with Crippen LogP contribution in [0.5, 0.6) is 5.75 Å². The fraction of sp³-hybridized carbons (Fsp3) is 0.520. The fourth-order valence-electron chi connectivity index (χ4n) is 4.23. The smallest absolute Gasteiger partial charge is 0.137 e. The number of benzene rings is 2. The largest absolute Gasteiger partial charge is 0.490 e. The molecule has 0 amide bonds. The van der Waals surface area contributed by atoms with Crippen LogP contribution in [0.2, 0.25) is 0 Å². The minimum Gasteiger partial charge on any atom is -0.490 e. The van der Waals surface area contributed by atoms with Crippen molar-refractivity contribution in [2.75, 3.05) is 52.4 Å². The molecule has 2 aromatic rings. The van der Waals surface area contributed by atoms with E-state index in [1.54, 1.807) is 9.80 Å². The first kappa shape index (κ1) is 22.8. The molecule has 0 saturated carbocycles. The van der Waals surface area contributed by atoms with Crippen LogP contribution >= 0.6 is 0 Å². The van der Waals surface area contributed by atoms with Crippen LogP contribution in [-0.4, -0.2) is 63.6 Å². The monoisotopic (exact) mass is 414 g/mol. The molecule has 1 aliphatic heterocycles. The quantitative estimate of drug-likeness (QED) is 0.360. The molecule has 5 heteroatoms. The highest BCUT2D eigenvalue weighted by Gasteiger charge is 2.23. The predicted molar refractivity (Wildman–Crippen MR) is 120 cm³/mol. The maximum absolute atomic E-state index is 10.3. The Kier molecular flexibility index (Phi) is 9.15. The lowest BCUT2D eigenvalue weighted by Gasteiger charge is -2.29. The molecule has 0 unspecified atom stereocenters. The van der Waals surface area contributed by atoms with Gasteiger partial charge in [0.2, 0.25) is 0 Å². The van der Waals surface area contributed by atoms with Crippen molar-refractivity contribution in [3.8, 4) is 5.75 Å². The summed E-state index contributed by atoms with van der Waals surface area (Å²) in [4.78, 5) is 3.39. The Morgan fingerprint density at radius 2 is 1.60 bits per heavy atom. The van der Waals surface area contributed by atoms with E-state index in [4.69, 9.17) is 4.74 Å². The molecule has 30 heavy (non-hydrogen) atoms. The zero-order valence-corrected chi connectivity index (χ0v) is 18.6. The summed E-state index contributed by atoms with van der Waals surface area (Å²) in [6.07, 6.45) is -0.438. The van der Waals surface area contributed by atoms with E-state index >= 15 is 0 Å². The molecule has 1 fully saturated rings. The van der Waals surface area contributed by atoms with Crippen LogP contribution in [0.1, 0.15) is 30.9 Å². The van der Waals surface area contributed by atoms with Crippen LogP contribution in [0.15, 0.2) is 54.6 Å². The van der Waals surface area contributed by atoms with Gasteiger partial charge in [-0.15, -0.1) is 0 Å². The van der Waals surface area contributed by atoms with Crippen molar-refractivity contribution < 1.29 is 25.0 Å². The Hall–Kier alpha value is -1.92. The molecular weight excluding hydrogens is 374 g/mol. The maximum atomic E-state index is 10.3. The second-order valence-corrected chi connectivity index (χ2v) is 8.88. The normalized spacial score (nSPS) is 20.3. The third-order valence-electron chi connectivity index (χ3n) is 6.07. The summed E-state index contributed by atoms with van der Waals surface area (Å²) >= 11 is 0. The van der Waals surface area contributed by atoms with Gasteiger partial charge in [0, 0.05) is 5.56 Å². The molecule has 2 aromatic carbocycles. The number of quaternary nitrogens is 3. The van der Waals surface area contributed by atoms with Crippen molar-refractivity contribution in [3.05, 3.63) is 65.7 Å². The van der Waals surface area contributed by atoms with Crippen molar-refractivity contribution >= 4 is 0 Å². The third-order valence-corrected chi connectivity index (χ3v) is 6.07. The molecule has 1 heterocycles. The number of piperazine rings is 1. The highest BCUT2D eigenvalue weighted by molar-refractivity contribution is 5.35. The van der Waals surface area contributed by atoms with Crippen LogP contribution in [-0.2, 0) is 6.54 Å². The van der Waals surface area contributed by atoms with E-state index < -0.39 is 6.10 Å². The van der Waals surface area contributed by atoms with Gasteiger partial charge in [-0.05, 0) is 17.5 Å². The van der Waals surface area contributed by atoms with Gasteiger partial charge in [-0.2, -0.15) is 0 Å². The minimum atomic E-state index is -0.438. The summed E-state index contributed by atoms with van der Waals surface area (Å²) in [7, 11) is 0. The molecule has 1 saturated heterocycles. The molecule has 164 valence electrons. The molecule has 1 atom stereocenters. The topological polar surface area (TPSA) is 54.9 Å². The number of aliphatic hydroxyl groups is 1. The summed E-state index contributed by atoms with van der Waals surface area (Å²) in [6, 6.07) is 18.9. The van der Waals surface area contributed by atoms with E-state index in [1.807, 2.05) is 18.2 Å². The van der Waals surface area contributed by atoms with E-state index in [0.717, 1.165) is 18.8 Å². The third kappa shape index (κ3) is 7.40. The van der Waals surface area contributed by atoms with Gasteiger partial charge >= 0.3 is 0 Å². The first-order chi connectivity index (χ1) is 14.6. The maximum Gasteiger partial charge on any atom is 0.137 e. The molecule has 0 radical (unpaired) electrons. The van der Waals surface area contributed by atoms with Crippen LogP contribution in [0.25, 0.3) is 0 Å². The Balaban J connectivity index is 1.27. The highest BCUT2D eigenvalue weighted by atomic mass is 16.5. The Bertz CT molecular complexity index is 730. The second kappa shape index (κ2) is 12.1. The number of nitrogens with one attached hydrogen (secondary N) is 2. The van der Waals surface area contributed by atoms with Crippen LogP contribution in [0, 0.1) is 0 Å². The first-order valence-corrected chi connectivity index (χ1v) is 11.5. The summed E-state index contributed by atoms with van der Waals surface area (Å²) < 4.78 is 5.89. The molecule has 0 bridgehead atoms. The number of para-hydroxylation sites is 1. The molecule has 5 N–H and O–H groups in total. The van der Waals surface area contributed by atoms with Crippen molar-refractivity contribution in [2.45, 2.75) is 32.4 Å². The fourth-order valence-corrected chi connectivity index (χ4v) is 4.23. The highest BCUT2D eigenvalue weighted by Crippen LogP contribution is 2.25. The number of ether oxygens (including phenoxy) is 1. The molecule has 0 aromatic heterocycles. The van der Waals surface area contributed by atoms with E-state index in [2.05, 4.69) is 55.6 Å². The Morgan fingerprint density at radius 3 is 2.33 bits per heavy atom. The Labute approximate surface area is 181 Å². The molecule has 0 aliphatic carbocycles. The lowest BCUT2D eigenvalue weighted by atomic mass is 10.0. The van der Waals surface area contributed by atoms with Gasteiger partial charge < -0.3 is 25.0 Å². The van der Waals surface area contributed by atoms with Gasteiger partial charge in [-0.1, -0.05) is 62.4 Å². The SMILES string of the molecule is CC(C)c1ccccc1OC[C@@H](O)C[NH2+]CC[NH+]1CC[NH+](Cc2ccccc2)CC1. The summed E-state index contributed by atoms with van der Waals surface area (Å²) in [5, 5.41) is 12.5. The standard InChI is InChI=1S/C25H37N3O2/c1-21(2)24-10-6-7-11-25(24)30-20-23(29)18-26-12-13-27-14-16-28(17-15-27)19-22-8-4-3-5-9-22/h3-11,21,23,26,29H,12-20H2,1-2H3/p+3/t23-/m0/s1. The zero-order chi connectivity index (χ0) is 21.2.